The summed E-state index contributed by atoms with van der Waals surface area (Å²) in [5.74, 6) is 1.67. The van der Waals surface area contributed by atoms with Crippen molar-refractivity contribution >= 4 is 29.0 Å². The fraction of sp³-hybridized carbons (Fsp3) is 0.188. The van der Waals surface area contributed by atoms with Crippen molar-refractivity contribution in [2.24, 2.45) is 10.1 Å². The maximum Gasteiger partial charge on any atom is 0.155 e. The smallest absolute Gasteiger partial charge is 0.155 e. The van der Waals surface area contributed by atoms with Gasteiger partial charge in [-0.25, -0.2) is 15.0 Å². The number of hydrogen-bond donors (Lipinski definition) is 3. The van der Waals surface area contributed by atoms with Gasteiger partial charge in [-0.15, -0.1) is 0 Å². The highest BCUT2D eigenvalue weighted by molar-refractivity contribution is 6.30. The molecule has 0 aliphatic carbocycles. The maximum absolute atomic E-state index is 6.01. The number of hydrazone groups is 1. The number of amidine groups is 2. The summed E-state index contributed by atoms with van der Waals surface area (Å²) in [4.78, 5) is 11.7. The third kappa shape index (κ3) is 3.11. The minimum Gasteiger partial charge on any atom is -0.348 e. The molecule has 3 N–H and O–H groups in total. The van der Waals surface area contributed by atoms with Crippen LogP contribution in [-0.4, -0.2) is 32.8 Å². The first-order valence-corrected chi connectivity index (χ1v) is 8.03. The standard InChI is InChI=1S/C16H16ClN7/c17-11-2-1-3-12(8-11)20-14-5-7-16-22-21-15(24(16)23-14)6-4-13-9-18-10-19-13/h1-3,5,7-10,16,22H,4,6H2,(H,18,19)(H,20,23). The summed E-state index contributed by atoms with van der Waals surface area (Å²) in [6.45, 7) is 0. The molecule has 2 aliphatic rings. The number of aliphatic imine (C=N–C) groups is 1. The topological polar surface area (TPSA) is 80.7 Å². The van der Waals surface area contributed by atoms with Crippen molar-refractivity contribution in [1.29, 1.82) is 0 Å². The fourth-order valence-electron chi connectivity index (χ4n) is 2.61. The quantitative estimate of drug-likeness (QED) is 0.797. The molecule has 1 aromatic heterocycles. The number of H-pyrrole nitrogens is 1. The number of benzene rings is 1. The number of imidazole rings is 1. The van der Waals surface area contributed by atoms with E-state index in [0.717, 1.165) is 35.9 Å². The van der Waals surface area contributed by atoms with Gasteiger partial charge in [0.2, 0.25) is 0 Å². The Hall–Kier alpha value is -2.80. The fourth-order valence-corrected chi connectivity index (χ4v) is 2.79. The van der Waals surface area contributed by atoms with Crippen molar-refractivity contribution in [2.45, 2.75) is 19.0 Å². The molecule has 0 saturated heterocycles. The number of hydrazine groups is 1. The Bertz CT molecular complexity index is 810. The lowest BCUT2D eigenvalue weighted by Crippen LogP contribution is -2.53. The van der Waals surface area contributed by atoms with E-state index in [2.05, 4.69) is 30.9 Å². The Morgan fingerprint density at radius 1 is 1.29 bits per heavy atom. The molecule has 8 heteroatoms. The maximum atomic E-state index is 6.01. The normalized spacial score (nSPS) is 20.5. The van der Waals surface area contributed by atoms with Crippen LogP contribution in [0.25, 0.3) is 0 Å². The van der Waals surface area contributed by atoms with Crippen LogP contribution >= 0.6 is 11.6 Å². The molecule has 0 spiro atoms. The third-order valence-electron chi connectivity index (χ3n) is 3.78. The zero-order chi connectivity index (χ0) is 16.4. The van der Waals surface area contributed by atoms with Gasteiger partial charge in [0.25, 0.3) is 0 Å². The van der Waals surface area contributed by atoms with Crippen LogP contribution in [0, 0.1) is 0 Å². The van der Waals surface area contributed by atoms with Crippen molar-refractivity contribution in [2.75, 3.05) is 0 Å². The zero-order valence-corrected chi connectivity index (χ0v) is 13.5. The molecule has 0 fully saturated rings. The second-order valence-electron chi connectivity index (χ2n) is 5.50. The van der Waals surface area contributed by atoms with Crippen molar-refractivity contribution in [3.05, 3.63) is 59.7 Å². The first kappa shape index (κ1) is 14.8. The van der Waals surface area contributed by atoms with E-state index in [4.69, 9.17) is 11.6 Å². The monoisotopic (exact) mass is 341 g/mol. The number of aromatic amines is 1. The van der Waals surface area contributed by atoms with Gasteiger partial charge >= 0.3 is 0 Å². The molecule has 2 aliphatic heterocycles. The Balaban J connectivity index is 1.47. The highest BCUT2D eigenvalue weighted by atomic mass is 35.5. The van der Waals surface area contributed by atoms with E-state index in [1.165, 1.54) is 0 Å². The molecule has 2 aromatic rings. The number of aromatic nitrogens is 2. The van der Waals surface area contributed by atoms with Crippen molar-refractivity contribution < 1.29 is 0 Å². The molecule has 3 heterocycles. The second-order valence-corrected chi connectivity index (χ2v) is 5.93. The van der Waals surface area contributed by atoms with Crippen LogP contribution in [0.3, 0.4) is 0 Å². The largest absolute Gasteiger partial charge is 0.348 e. The Labute approximate surface area is 144 Å². The highest BCUT2D eigenvalue weighted by Gasteiger charge is 2.28. The van der Waals surface area contributed by atoms with Crippen LogP contribution in [0.1, 0.15) is 12.1 Å². The number of fused-ring (bicyclic) bond motifs is 1. The summed E-state index contributed by atoms with van der Waals surface area (Å²) in [6, 6.07) is 7.45. The molecular weight excluding hydrogens is 326 g/mol. The summed E-state index contributed by atoms with van der Waals surface area (Å²) in [7, 11) is 0. The van der Waals surface area contributed by atoms with E-state index < -0.39 is 0 Å². The van der Waals surface area contributed by atoms with Crippen LogP contribution in [0.2, 0.25) is 5.02 Å². The minimum absolute atomic E-state index is 0.0000724. The molecule has 24 heavy (non-hydrogen) atoms. The molecule has 122 valence electrons. The summed E-state index contributed by atoms with van der Waals surface area (Å²) >= 11 is 6.01. The van der Waals surface area contributed by atoms with Crippen LogP contribution < -0.4 is 10.9 Å². The number of aryl methyl sites for hydroxylation is 1. The lowest BCUT2D eigenvalue weighted by atomic mass is 10.2. The summed E-state index contributed by atoms with van der Waals surface area (Å²) < 4.78 is 0. The van der Waals surface area contributed by atoms with Gasteiger partial charge in [0, 0.05) is 23.3 Å². The molecule has 0 bridgehead atoms. The van der Waals surface area contributed by atoms with Gasteiger partial charge in [0.15, 0.2) is 6.17 Å². The van der Waals surface area contributed by atoms with Crippen molar-refractivity contribution in [1.82, 2.24) is 25.8 Å². The van der Waals surface area contributed by atoms with Crippen molar-refractivity contribution in [3.63, 3.8) is 0 Å². The third-order valence-corrected chi connectivity index (χ3v) is 4.02. The average molecular weight is 342 g/mol. The molecule has 0 radical (unpaired) electrons. The molecule has 1 aromatic carbocycles. The molecule has 0 amide bonds. The van der Waals surface area contributed by atoms with Gasteiger partial charge < -0.3 is 4.98 Å². The van der Waals surface area contributed by atoms with Gasteiger partial charge in [-0.2, -0.15) is 5.10 Å². The number of rotatable bonds is 4. The number of nitrogens with zero attached hydrogens (tertiary/aromatic N) is 4. The van der Waals surface area contributed by atoms with Gasteiger partial charge in [-0.1, -0.05) is 17.7 Å². The van der Waals surface area contributed by atoms with Gasteiger partial charge in [-0.3, -0.25) is 10.9 Å². The van der Waals surface area contributed by atoms with E-state index >= 15 is 0 Å². The molecule has 7 nitrogen and oxygen atoms in total. The number of hydrogen-bond acceptors (Lipinski definition) is 5. The van der Waals surface area contributed by atoms with E-state index in [0.29, 0.717) is 5.02 Å². The molecule has 4 rings (SSSR count). The Kier molecular flexibility index (Phi) is 3.92. The van der Waals surface area contributed by atoms with Gasteiger partial charge in [-0.05, 0) is 36.8 Å². The Morgan fingerprint density at radius 3 is 3.08 bits per heavy atom. The highest BCUT2D eigenvalue weighted by Crippen LogP contribution is 2.19. The Morgan fingerprint density at radius 2 is 2.25 bits per heavy atom. The van der Waals surface area contributed by atoms with E-state index in [1.807, 2.05) is 47.6 Å². The number of nitrogens with one attached hydrogen (secondary N) is 3. The molecule has 1 unspecified atom stereocenters. The minimum atomic E-state index is 0.0000724. The van der Waals surface area contributed by atoms with Crippen LogP contribution in [0.4, 0.5) is 5.69 Å². The lowest BCUT2D eigenvalue weighted by Gasteiger charge is -2.29. The van der Waals surface area contributed by atoms with Crippen LogP contribution in [-0.2, 0) is 6.42 Å². The van der Waals surface area contributed by atoms with Crippen LogP contribution in [0.5, 0.6) is 0 Å². The molecule has 0 saturated carbocycles. The summed E-state index contributed by atoms with van der Waals surface area (Å²) in [6.07, 6.45) is 9.10. The van der Waals surface area contributed by atoms with Crippen molar-refractivity contribution in [3.8, 4) is 0 Å². The second kappa shape index (κ2) is 6.37. The first-order chi connectivity index (χ1) is 11.8. The lowest BCUT2D eigenvalue weighted by molar-refractivity contribution is 0.304. The summed E-state index contributed by atoms with van der Waals surface area (Å²) in [5.41, 5.74) is 8.28. The van der Waals surface area contributed by atoms with Gasteiger partial charge in [0.05, 0.1) is 12.0 Å². The van der Waals surface area contributed by atoms with E-state index in [-0.39, 0.29) is 6.17 Å². The van der Waals surface area contributed by atoms with Gasteiger partial charge in [0.1, 0.15) is 11.7 Å². The SMILES string of the molecule is Clc1cccc(N=C2C=CC3NN=C(CCc4cnc[nH]4)N3N2)c1. The van der Waals surface area contributed by atoms with E-state index in [9.17, 15) is 0 Å². The summed E-state index contributed by atoms with van der Waals surface area (Å²) in [5, 5.41) is 7.06. The van der Waals surface area contributed by atoms with Crippen LogP contribution in [0.15, 0.2) is 59.0 Å². The predicted molar refractivity (Wildman–Crippen MR) is 93.9 cm³/mol. The number of halogens is 1. The molecular formula is C16H16ClN7. The zero-order valence-electron chi connectivity index (χ0n) is 12.8. The average Bonchev–Trinajstić information content (AvgIpc) is 3.22. The van der Waals surface area contributed by atoms with E-state index in [1.54, 1.807) is 6.33 Å². The first-order valence-electron chi connectivity index (χ1n) is 7.66. The predicted octanol–water partition coefficient (Wildman–Crippen LogP) is 2.35. The molecule has 1 atom stereocenters.